The number of rotatable bonds is 4. The number of H-pyrrole nitrogens is 1. The molecule has 1 aliphatic rings. The van der Waals surface area contributed by atoms with Crippen molar-refractivity contribution in [2.45, 2.75) is 52.2 Å². The molecule has 1 saturated carbocycles. The maximum Gasteiger partial charge on any atom is 0.408 e. The Bertz CT molecular complexity index is 1080. The third-order valence-corrected chi connectivity index (χ3v) is 4.89. The van der Waals surface area contributed by atoms with Crippen LogP contribution in [0, 0.1) is 17.5 Å². The fourth-order valence-electron chi connectivity index (χ4n) is 2.87. The number of halogens is 3. The summed E-state index contributed by atoms with van der Waals surface area (Å²) in [4.78, 5) is 24.4. The van der Waals surface area contributed by atoms with Gasteiger partial charge in [0.25, 0.3) is 0 Å². The second kappa shape index (κ2) is 11.9. The van der Waals surface area contributed by atoms with Crippen LogP contribution in [-0.4, -0.2) is 29.1 Å². The highest BCUT2D eigenvalue weighted by Gasteiger charge is 2.23. The lowest BCUT2D eigenvalue weighted by Gasteiger charge is -2.25. The Morgan fingerprint density at radius 3 is 2.24 bits per heavy atom. The van der Waals surface area contributed by atoms with Crippen LogP contribution in [-0.2, 0) is 9.53 Å². The lowest BCUT2D eigenvalue weighted by atomic mass is 9.96. The van der Waals surface area contributed by atoms with Crippen LogP contribution in [0.2, 0.25) is 0 Å². The predicted octanol–water partition coefficient (Wildman–Crippen LogP) is 5.42. The molecule has 1 unspecified atom stereocenters. The van der Waals surface area contributed by atoms with Crippen molar-refractivity contribution in [3.63, 3.8) is 0 Å². The normalized spacial score (nSPS) is 13.5. The first-order valence-corrected chi connectivity index (χ1v) is 10.7. The molecule has 0 aliphatic heterocycles. The van der Waals surface area contributed by atoms with E-state index in [1.54, 1.807) is 18.2 Å². The van der Waals surface area contributed by atoms with E-state index in [-0.39, 0.29) is 17.4 Å². The second-order valence-corrected chi connectivity index (χ2v) is 7.27. The van der Waals surface area contributed by atoms with Crippen molar-refractivity contribution in [2.75, 3.05) is 0 Å². The lowest BCUT2D eigenvalue weighted by molar-refractivity contribution is -0.119. The number of carbonyl (C=O) groups is 2. The predicted molar refractivity (Wildman–Crippen MR) is 121 cm³/mol. The van der Waals surface area contributed by atoms with E-state index in [1.165, 1.54) is 25.1 Å². The number of carbonyl (C=O) groups excluding carboxylic acids is 2. The Labute approximate surface area is 190 Å². The molecule has 0 spiro atoms. The molecule has 2 aromatic carbocycles. The molecule has 4 rings (SSSR count). The summed E-state index contributed by atoms with van der Waals surface area (Å²) in [5, 5.41) is 2.79. The third-order valence-electron chi connectivity index (χ3n) is 4.89. The Kier molecular flexibility index (Phi) is 9.32. The number of fused-ring (bicyclic) bond motifs is 1. The van der Waals surface area contributed by atoms with Crippen LogP contribution in [0.25, 0.3) is 22.2 Å². The standard InChI is InChI=1S/C14H8F3N.C8H14N2O3.C2H6/c15-10-3-1-8(2-4-10)13-6-9-5-11(16)7-12(17)14(9)18-13;1-5(7(9)11)10-8(12)13-6-3-2-4-6;1-2/h1-7,18H;5-6H,2-4H2,1H3,(H2,9,11)(H,10,12);1-2H3. The van der Waals surface area contributed by atoms with Crippen LogP contribution in [0.1, 0.15) is 40.0 Å². The van der Waals surface area contributed by atoms with Gasteiger partial charge in [-0.1, -0.05) is 13.8 Å². The molecule has 1 fully saturated rings. The Morgan fingerprint density at radius 1 is 1.06 bits per heavy atom. The molecule has 1 heterocycles. The molecule has 4 N–H and O–H groups in total. The van der Waals surface area contributed by atoms with Crippen molar-refractivity contribution in [1.29, 1.82) is 0 Å². The van der Waals surface area contributed by atoms with Crippen LogP contribution < -0.4 is 11.1 Å². The minimum Gasteiger partial charge on any atom is -0.446 e. The number of aromatic amines is 1. The van der Waals surface area contributed by atoms with Gasteiger partial charge in [-0.3, -0.25) is 4.79 Å². The number of aromatic nitrogens is 1. The molecule has 2 amide bonds. The number of ether oxygens (including phenoxy) is 1. The van der Waals surface area contributed by atoms with Crippen LogP contribution in [0.15, 0.2) is 42.5 Å². The van der Waals surface area contributed by atoms with Crippen LogP contribution in [0.3, 0.4) is 0 Å². The Morgan fingerprint density at radius 2 is 1.70 bits per heavy atom. The van der Waals surface area contributed by atoms with Gasteiger partial charge < -0.3 is 20.8 Å². The molecule has 0 radical (unpaired) electrons. The molecule has 6 nitrogen and oxygen atoms in total. The summed E-state index contributed by atoms with van der Waals surface area (Å²) >= 11 is 0. The fraction of sp³-hybridized carbons (Fsp3) is 0.333. The molecular weight excluding hydrogens is 435 g/mol. The molecule has 1 aliphatic carbocycles. The quantitative estimate of drug-likeness (QED) is 0.482. The van der Waals surface area contributed by atoms with E-state index in [0.717, 1.165) is 25.3 Å². The molecule has 178 valence electrons. The van der Waals surface area contributed by atoms with Crippen molar-refractivity contribution in [2.24, 2.45) is 5.73 Å². The Balaban J connectivity index is 0.000000228. The molecule has 3 aromatic rings. The van der Waals surface area contributed by atoms with E-state index in [2.05, 4.69) is 10.3 Å². The summed E-state index contributed by atoms with van der Waals surface area (Å²) in [6, 6.07) is 8.83. The molecule has 1 aromatic heterocycles. The number of alkyl carbamates (subject to hydrolysis) is 1. The van der Waals surface area contributed by atoms with Gasteiger partial charge in [0.1, 0.15) is 29.6 Å². The Hall–Kier alpha value is -3.49. The molecule has 33 heavy (non-hydrogen) atoms. The zero-order valence-electron chi connectivity index (χ0n) is 18.8. The zero-order valence-corrected chi connectivity index (χ0v) is 18.8. The van der Waals surface area contributed by atoms with Gasteiger partial charge in [0.15, 0.2) is 0 Å². The van der Waals surface area contributed by atoms with E-state index < -0.39 is 29.7 Å². The molecule has 9 heteroatoms. The monoisotopic (exact) mass is 463 g/mol. The number of hydrogen-bond acceptors (Lipinski definition) is 3. The topological polar surface area (TPSA) is 97.2 Å². The summed E-state index contributed by atoms with van der Waals surface area (Å²) in [6.45, 7) is 5.52. The first-order valence-electron chi connectivity index (χ1n) is 10.7. The first kappa shape index (κ1) is 25.8. The van der Waals surface area contributed by atoms with Gasteiger partial charge in [0.05, 0.1) is 5.52 Å². The maximum absolute atomic E-state index is 13.5. The van der Waals surface area contributed by atoms with Gasteiger partial charge in [0.2, 0.25) is 5.91 Å². The number of primary amides is 1. The zero-order chi connectivity index (χ0) is 24.5. The lowest BCUT2D eigenvalue weighted by Crippen LogP contribution is -2.44. The van der Waals surface area contributed by atoms with E-state index in [0.29, 0.717) is 16.6 Å². The summed E-state index contributed by atoms with van der Waals surface area (Å²) in [5.41, 5.74) is 6.53. The summed E-state index contributed by atoms with van der Waals surface area (Å²) in [5.74, 6) is -2.17. The first-order chi connectivity index (χ1) is 15.7. The van der Waals surface area contributed by atoms with Gasteiger partial charge >= 0.3 is 6.09 Å². The SMILES string of the molecule is CC.CC(NC(=O)OC1CCC1)C(N)=O.Fc1ccc(-c2cc3cc(F)cc(F)c3[nH]2)cc1. The third kappa shape index (κ3) is 7.27. The van der Waals surface area contributed by atoms with Crippen molar-refractivity contribution >= 4 is 22.9 Å². The summed E-state index contributed by atoms with van der Waals surface area (Å²) in [6.07, 6.45) is 2.40. The molecule has 0 saturated heterocycles. The minimum atomic E-state index is -0.674. The summed E-state index contributed by atoms with van der Waals surface area (Å²) < 4.78 is 44.3. The number of benzene rings is 2. The number of nitrogens with two attached hydrogens (primary N) is 1. The number of amides is 2. The van der Waals surface area contributed by atoms with Gasteiger partial charge in [-0.05, 0) is 68.1 Å². The summed E-state index contributed by atoms with van der Waals surface area (Å²) in [7, 11) is 0. The minimum absolute atomic E-state index is 0.0278. The highest BCUT2D eigenvalue weighted by Crippen LogP contribution is 2.26. The van der Waals surface area contributed by atoms with Crippen LogP contribution in [0.4, 0.5) is 18.0 Å². The van der Waals surface area contributed by atoms with E-state index >= 15 is 0 Å². The number of nitrogens with one attached hydrogen (secondary N) is 2. The van der Waals surface area contributed by atoms with E-state index in [4.69, 9.17) is 10.5 Å². The highest BCUT2D eigenvalue weighted by molar-refractivity contribution is 5.86. The second-order valence-electron chi connectivity index (χ2n) is 7.27. The fourth-order valence-corrected chi connectivity index (χ4v) is 2.87. The van der Waals surface area contributed by atoms with E-state index in [1.807, 2.05) is 13.8 Å². The number of hydrogen-bond donors (Lipinski definition) is 3. The van der Waals surface area contributed by atoms with Gasteiger partial charge in [-0.15, -0.1) is 0 Å². The molecule has 1 atom stereocenters. The average Bonchev–Trinajstić information content (AvgIpc) is 3.17. The van der Waals surface area contributed by atoms with Crippen molar-refractivity contribution in [3.05, 3.63) is 59.9 Å². The van der Waals surface area contributed by atoms with Crippen LogP contribution >= 0.6 is 0 Å². The molecular formula is C24H28F3N3O3. The van der Waals surface area contributed by atoms with Crippen LogP contribution in [0.5, 0.6) is 0 Å². The van der Waals surface area contributed by atoms with E-state index in [9.17, 15) is 22.8 Å². The van der Waals surface area contributed by atoms with Crippen molar-refractivity contribution in [1.82, 2.24) is 10.3 Å². The van der Waals surface area contributed by atoms with Gasteiger partial charge in [-0.25, -0.2) is 18.0 Å². The van der Waals surface area contributed by atoms with Gasteiger partial charge in [-0.2, -0.15) is 0 Å². The molecule has 0 bridgehead atoms. The largest absolute Gasteiger partial charge is 0.446 e. The van der Waals surface area contributed by atoms with Crippen molar-refractivity contribution < 1.29 is 27.5 Å². The highest BCUT2D eigenvalue weighted by atomic mass is 19.1. The van der Waals surface area contributed by atoms with Gasteiger partial charge in [0, 0.05) is 17.1 Å². The maximum atomic E-state index is 13.5. The smallest absolute Gasteiger partial charge is 0.408 e. The average molecular weight is 464 g/mol. The van der Waals surface area contributed by atoms with Crippen molar-refractivity contribution in [3.8, 4) is 11.3 Å².